The zero-order valence-electron chi connectivity index (χ0n) is 16.5. The van der Waals surface area contributed by atoms with Crippen molar-refractivity contribution in [3.63, 3.8) is 0 Å². The van der Waals surface area contributed by atoms with Crippen molar-refractivity contribution in [1.29, 1.82) is 0 Å². The van der Waals surface area contributed by atoms with Gasteiger partial charge in [0.05, 0.1) is 23.4 Å². The molecule has 3 aromatic heterocycles. The molecule has 7 heteroatoms. The van der Waals surface area contributed by atoms with Crippen LogP contribution in [0, 0.1) is 5.92 Å². The van der Waals surface area contributed by atoms with E-state index in [4.69, 9.17) is 9.40 Å². The van der Waals surface area contributed by atoms with Gasteiger partial charge in [-0.25, -0.2) is 4.98 Å². The molecule has 29 heavy (non-hydrogen) atoms. The summed E-state index contributed by atoms with van der Waals surface area (Å²) in [5.74, 6) is 1.65. The number of ketones is 1. The van der Waals surface area contributed by atoms with E-state index in [0.29, 0.717) is 24.0 Å². The number of aromatic nitrogens is 2. The number of furan rings is 1. The molecular weight excluding hydrogens is 404 g/mol. The first-order valence-corrected chi connectivity index (χ1v) is 12.1. The quantitative estimate of drug-likeness (QED) is 0.557. The number of hydrogen-bond donors (Lipinski definition) is 0. The normalized spacial score (nSPS) is 22.2. The van der Waals surface area contributed by atoms with Gasteiger partial charge in [-0.15, -0.1) is 11.3 Å². The molecule has 152 valence electrons. The second-order valence-electron chi connectivity index (χ2n) is 8.22. The zero-order valence-corrected chi connectivity index (χ0v) is 18.1. The fourth-order valence-corrected chi connectivity index (χ4v) is 7.03. The van der Waals surface area contributed by atoms with Crippen LogP contribution in [0.5, 0.6) is 0 Å². The van der Waals surface area contributed by atoms with Gasteiger partial charge >= 0.3 is 0 Å². The van der Waals surface area contributed by atoms with E-state index in [1.165, 1.54) is 22.2 Å². The van der Waals surface area contributed by atoms with Crippen LogP contribution in [0.3, 0.4) is 0 Å². The first-order chi connectivity index (χ1) is 14.1. The third-order valence-electron chi connectivity index (χ3n) is 6.02. The fraction of sp³-hybridized carbons (Fsp3) is 0.500. The van der Waals surface area contributed by atoms with Gasteiger partial charge in [0.15, 0.2) is 5.16 Å². The maximum absolute atomic E-state index is 13.6. The number of rotatable bonds is 4. The molecule has 0 amide bonds. The number of carbonyl (C=O) groups excluding carboxylic acids is 1. The summed E-state index contributed by atoms with van der Waals surface area (Å²) in [4.78, 5) is 33.1. The van der Waals surface area contributed by atoms with Crippen LogP contribution >= 0.6 is 23.1 Å². The van der Waals surface area contributed by atoms with E-state index in [1.54, 1.807) is 22.2 Å². The first kappa shape index (κ1) is 19.1. The van der Waals surface area contributed by atoms with Gasteiger partial charge in [0, 0.05) is 11.3 Å². The highest BCUT2D eigenvalue weighted by atomic mass is 32.2. The van der Waals surface area contributed by atoms with Crippen molar-refractivity contribution >= 4 is 39.1 Å². The molecular formula is C22H24N2O3S2. The lowest BCUT2D eigenvalue weighted by Gasteiger charge is -2.21. The Morgan fingerprint density at radius 1 is 1.28 bits per heavy atom. The Hall–Kier alpha value is -1.86. The van der Waals surface area contributed by atoms with Gasteiger partial charge in [-0.05, 0) is 55.7 Å². The van der Waals surface area contributed by atoms with Crippen molar-refractivity contribution in [1.82, 2.24) is 9.55 Å². The molecule has 2 atom stereocenters. The van der Waals surface area contributed by atoms with Gasteiger partial charge < -0.3 is 4.42 Å². The lowest BCUT2D eigenvalue weighted by atomic mass is 9.89. The van der Waals surface area contributed by atoms with Crippen molar-refractivity contribution in [2.45, 2.75) is 68.8 Å². The van der Waals surface area contributed by atoms with E-state index in [1.807, 2.05) is 12.1 Å². The minimum absolute atomic E-state index is 0.00390. The minimum Gasteiger partial charge on any atom is -0.467 e. The number of carbonyl (C=O) groups is 1. The van der Waals surface area contributed by atoms with Crippen molar-refractivity contribution in [3.05, 3.63) is 45.0 Å². The fourth-order valence-electron chi connectivity index (χ4n) is 4.40. The molecule has 2 unspecified atom stereocenters. The number of fused-ring (bicyclic) bond motifs is 3. The molecule has 0 radical (unpaired) electrons. The van der Waals surface area contributed by atoms with Crippen LogP contribution in [-0.4, -0.2) is 20.6 Å². The number of hydrogen-bond acceptors (Lipinski definition) is 6. The van der Waals surface area contributed by atoms with Gasteiger partial charge in [0.1, 0.15) is 16.4 Å². The number of thioether (sulfide) groups is 1. The highest BCUT2D eigenvalue weighted by molar-refractivity contribution is 8.00. The van der Waals surface area contributed by atoms with Gasteiger partial charge in [-0.1, -0.05) is 25.1 Å². The molecule has 0 saturated heterocycles. The molecule has 3 aromatic rings. The molecule has 0 aliphatic heterocycles. The van der Waals surface area contributed by atoms with E-state index in [0.717, 1.165) is 54.5 Å². The average molecular weight is 429 g/mol. The van der Waals surface area contributed by atoms with Crippen LogP contribution in [-0.2, 0) is 24.2 Å². The first-order valence-electron chi connectivity index (χ1n) is 10.4. The Kier molecular flexibility index (Phi) is 5.12. The molecule has 5 rings (SSSR count). The maximum atomic E-state index is 13.6. The lowest BCUT2D eigenvalue weighted by Crippen LogP contribution is -2.27. The topological polar surface area (TPSA) is 65.1 Å². The van der Waals surface area contributed by atoms with Crippen molar-refractivity contribution < 1.29 is 9.21 Å². The van der Waals surface area contributed by atoms with Crippen LogP contribution in [0.2, 0.25) is 0 Å². The maximum Gasteiger partial charge on any atom is 0.263 e. The highest BCUT2D eigenvalue weighted by Crippen LogP contribution is 2.38. The molecule has 0 bridgehead atoms. The van der Waals surface area contributed by atoms with E-state index in [9.17, 15) is 9.59 Å². The Balaban J connectivity index is 1.63. The van der Waals surface area contributed by atoms with Crippen LogP contribution < -0.4 is 5.56 Å². The standard InChI is InChI=1S/C22H24N2O3S2/c1-13-8-9-15-18(11-13)28-20-19(15)21(26)24(12-14-5-4-10-27-14)22(23-20)29-17-7-3-2-6-16(17)25/h4-5,10,13,17H,2-3,6-9,11-12H2,1H3. The molecule has 2 aliphatic carbocycles. The molecule has 1 saturated carbocycles. The summed E-state index contributed by atoms with van der Waals surface area (Å²) in [5, 5.41) is 1.32. The van der Waals surface area contributed by atoms with E-state index in [2.05, 4.69) is 6.92 Å². The average Bonchev–Trinajstić information content (AvgIpc) is 3.33. The number of aryl methyl sites for hydroxylation is 1. The van der Waals surface area contributed by atoms with Crippen molar-refractivity contribution in [3.8, 4) is 0 Å². The summed E-state index contributed by atoms with van der Waals surface area (Å²) in [5.41, 5.74) is 1.20. The molecule has 5 nitrogen and oxygen atoms in total. The van der Waals surface area contributed by atoms with Gasteiger partial charge in [-0.2, -0.15) is 0 Å². The largest absolute Gasteiger partial charge is 0.467 e. The molecule has 1 fully saturated rings. The number of thiophene rings is 1. The third kappa shape index (κ3) is 3.59. The minimum atomic E-state index is -0.106. The number of nitrogens with zero attached hydrogens (tertiary/aromatic N) is 2. The summed E-state index contributed by atoms with van der Waals surface area (Å²) in [6.07, 6.45) is 8.22. The Morgan fingerprint density at radius 2 is 2.17 bits per heavy atom. The summed E-state index contributed by atoms with van der Waals surface area (Å²) in [7, 11) is 0. The summed E-state index contributed by atoms with van der Waals surface area (Å²) < 4.78 is 7.24. The molecule has 0 aromatic carbocycles. The molecule has 3 heterocycles. The van der Waals surface area contributed by atoms with Gasteiger partial charge in [-0.3, -0.25) is 14.2 Å². The summed E-state index contributed by atoms with van der Waals surface area (Å²) in [6, 6.07) is 3.71. The second kappa shape index (κ2) is 7.76. The van der Waals surface area contributed by atoms with Gasteiger partial charge in [0.25, 0.3) is 5.56 Å². The molecule has 0 N–H and O–H groups in total. The predicted molar refractivity (Wildman–Crippen MR) is 116 cm³/mol. The summed E-state index contributed by atoms with van der Waals surface area (Å²) >= 11 is 3.13. The molecule has 2 aliphatic rings. The Morgan fingerprint density at radius 3 is 2.97 bits per heavy atom. The SMILES string of the molecule is CC1CCc2c(sc3nc(SC4CCCCC4=O)n(Cc4ccco4)c(=O)c23)C1. The Labute approximate surface area is 177 Å². The lowest BCUT2D eigenvalue weighted by molar-refractivity contribution is -0.119. The number of Topliss-reactive ketones (excluding diaryl/α,β-unsaturated/α-hetero) is 1. The van der Waals surface area contributed by atoms with E-state index >= 15 is 0 Å². The van der Waals surface area contributed by atoms with Crippen LogP contribution in [0.4, 0.5) is 0 Å². The van der Waals surface area contributed by atoms with Gasteiger partial charge in [0.2, 0.25) is 0 Å². The van der Waals surface area contributed by atoms with Crippen molar-refractivity contribution in [2.75, 3.05) is 0 Å². The smallest absolute Gasteiger partial charge is 0.263 e. The van der Waals surface area contributed by atoms with E-state index < -0.39 is 0 Å². The van der Waals surface area contributed by atoms with Crippen LogP contribution in [0.15, 0.2) is 32.8 Å². The zero-order chi connectivity index (χ0) is 20.0. The predicted octanol–water partition coefficient (Wildman–Crippen LogP) is 4.83. The van der Waals surface area contributed by atoms with Crippen LogP contribution in [0.25, 0.3) is 10.2 Å². The Bertz CT molecular complexity index is 1110. The third-order valence-corrected chi connectivity index (χ3v) is 8.47. The molecule has 0 spiro atoms. The summed E-state index contributed by atoms with van der Waals surface area (Å²) in [6.45, 7) is 2.62. The second-order valence-corrected chi connectivity index (χ2v) is 10.5. The van der Waals surface area contributed by atoms with Crippen LogP contribution in [0.1, 0.15) is 55.2 Å². The van der Waals surface area contributed by atoms with Crippen molar-refractivity contribution in [2.24, 2.45) is 5.92 Å². The van der Waals surface area contributed by atoms with E-state index in [-0.39, 0.29) is 16.6 Å². The highest BCUT2D eigenvalue weighted by Gasteiger charge is 2.28. The monoisotopic (exact) mass is 428 g/mol.